The quantitative estimate of drug-likeness (QED) is 0.905. The van der Waals surface area contributed by atoms with Crippen LogP contribution in [-0.4, -0.2) is 35.8 Å². The van der Waals surface area contributed by atoms with Crippen LogP contribution in [0.25, 0.3) is 0 Å². The Morgan fingerprint density at radius 2 is 2.17 bits per heavy atom. The zero-order chi connectivity index (χ0) is 17.1. The van der Waals surface area contributed by atoms with Crippen LogP contribution in [0.3, 0.4) is 0 Å². The van der Waals surface area contributed by atoms with E-state index in [1.165, 1.54) is 12.5 Å². The van der Waals surface area contributed by atoms with Crippen LogP contribution in [-0.2, 0) is 16.0 Å². The Kier molecular flexibility index (Phi) is 5.04. The minimum Gasteiger partial charge on any atom is -0.466 e. The third kappa shape index (κ3) is 3.87. The van der Waals surface area contributed by atoms with E-state index in [-0.39, 0.29) is 23.8 Å². The average molecular weight is 346 g/mol. The fraction of sp³-hybridized carbons (Fsp3) is 0.444. The van der Waals surface area contributed by atoms with E-state index in [1.54, 1.807) is 11.3 Å². The van der Waals surface area contributed by atoms with Crippen molar-refractivity contribution in [1.29, 1.82) is 0 Å². The Morgan fingerprint density at radius 3 is 2.79 bits per heavy atom. The normalized spacial score (nSPS) is 20.3. The summed E-state index contributed by atoms with van der Waals surface area (Å²) in [7, 11) is 0. The zero-order valence-corrected chi connectivity index (χ0v) is 14.8. The molecule has 128 valence electrons. The minimum absolute atomic E-state index is 0.00713. The summed E-state index contributed by atoms with van der Waals surface area (Å²) in [5, 5.41) is 7.06. The highest BCUT2D eigenvalue weighted by molar-refractivity contribution is 7.07. The molecule has 2 amide bonds. The fourth-order valence-corrected chi connectivity index (χ4v) is 3.90. The van der Waals surface area contributed by atoms with Gasteiger partial charge in [-0.3, -0.25) is 9.59 Å². The number of nitrogens with one attached hydrogen (secondary N) is 1. The number of rotatable bonds is 5. The lowest BCUT2D eigenvalue weighted by atomic mass is 10.0. The summed E-state index contributed by atoms with van der Waals surface area (Å²) in [6, 6.07) is 5.81. The third-order valence-corrected chi connectivity index (χ3v) is 5.13. The summed E-state index contributed by atoms with van der Waals surface area (Å²) in [6.45, 7) is 4.52. The monoisotopic (exact) mass is 346 g/mol. The van der Waals surface area contributed by atoms with Crippen LogP contribution in [0, 0.1) is 6.92 Å². The van der Waals surface area contributed by atoms with Crippen LogP contribution in [0.2, 0.25) is 0 Å². The maximum Gasteiger partial charge on any atom is 0.222 e. The molecule has 0 aromatic carbocycles. The third-order valence-electron chi connectivity index (χ3n) is 4.40. The largest absolute Gasteiger partial charge is 0.466 e. The van der Waals surface area contributed by atoms with Crippen LogP contribution in [0.1, 0.15) is 36.3 Å². The van der Waals surface area contributed by atoms with Gasteiger partial charge in [0.2, 0.25) is 11.8 Å². The molecule has 0 spiro atoms. The smallest absolute Gasteiger partial charge is 0.222 e. The highest BCUT2D eigenvalue weighted by Crippen LogP contribution is 2.29. The zero-order valence-electron chi connectivity index (χ0n) is 14.0. The predicted molar refractivity (Wildman–Crippen MR) is 93.0 cm³/mol. The molecule has 3 rings (SSSR count). The number of hydrogen-bond acceptors (Lipinski definition) is 4. The molecule has 1 fully saturated rings. The molecule has 3 heterocycles. The SMILES string of the molecule is CC(=O)NC1CN(C(=O)CCc2ccsc2)CC1c1ccc(C)o1. The highest BCUT2D eigenvalue weighted by atomic mass is 32.1. The van der Waals surface area contributed by atoms with E-state index in [0.29, 0.717) is 19.5 Å². The molecule has 2 atom stereocenters. The molecule has 2 unspecified atom stereocenters. The molecule has 0 radical (unpaired) electrons. The van der Waals surface area contributed by atoms with Gasteiger partial charge in [-0.2, -0.15) is 11.3 Å². The Morgan fingerprint density at radius 1 is 1.33 bits per heavy atom. The summed E-state index contributed by atoms with van der Waals surface area (Å²) in [4.78, 5) is 25.9. The van der Waals surface area contributed by atoms with Gasteiger partial charge in [0.05, 0.1) is 12.0 Å². The van der Waals surface area contributed by atoms with Crippen molar-refractivity contribution in [2.24, 2.45) is 0 Å². The van der Waals surface area contributed by atoms with Gasteiger partial charge >= 0.3 is 0 Å². The molecule has 1 aliphatic heterocycles. The second-order valence-corrected chi connectivity index (χ2v) is 7.07. The number of likely N-dealkylation sites (tertiary alicyclic amines) is 1. The first-order chi connectivity index (χ1) is 11.5. The molecular weight excluding hydrogens is 324 g/mol. The second kappa shape index (κ2) is 7.21. The molecule has 0 bridgehead atoms. The number of thiophene rings is 1. The van der Waals surface area contributed by atoms with Gasteiger partial charge in [-0.05, 0) is 47.9 Å². The van der Waals surface area contributed by atoms with Crippen molar-refractivity contribution in [2.75, 3.05) is 13.1 Å². The first-order valence-corrected chi connectivity index (χ1v) is 9.09. The molecule has 2 aromatic heterocycles. The molecule has 5 nitrogen and oxygen atoms in total. The molecule has 1 N–H and O–H groups in total. The average Bonchev–Trinajstić information content (AvgIpc) is 3.24. The van der Waals surface area contributed by atoms with E-state index >= 15 is 0 Å². The van der Waals surface area contributed by atoms with E-state index in [9.17, 15) is 9.59 Å². The summed E-state index contributed by atoms with van der Waals surface area (Å²) in [5.41, 5.74) is 1.20. The van der Waals surface area contributed by atoms with Crippen LogP contribution < -0.4 is 5.32 Å². The van der Waals surface area contributed by atoms with E-state index in [1.807, 2.05) is 29.3 Å². The van der Waals surface area contributed by atoms with Crippen LogP contribution in [0.4, 0.5) is 0 Å². The fourth-order valence-electron chi connectivity index (χ4n) is 3.20. The topological polar surface area (TPSA) is 62.6 Å². The predicted octanol–water partition coefficient (Wildman–Crippen LogP) is 2.71. The van der Waals surface area contributed by atoms with Gasteiger partial charge in [-0.25, -0.2) is 0 Å². The minimum atomic E-state index is -0.0989. The summed E-state index contributed by atoms with van der Waals surface area (Å²) in [5.74, 6) is 1.73. The van der Waals surface area contributed by atoms with E-state index in [0.717, 1.165) is 17.9 Å². The van der Waals surface area contributed by atoms with E-state index < -0.39 is 0 Å². The number of carbonyl (C=O) groups excluding carboxylic acids is 2. The molecular formula is C18H22N2O3S. The molecule has 2 aromatic rings. The summed E-state index contributed by atoms with van der Waals surface area (Å²) >= 11 is 1.65. The number of amides is 2. The van der Waals surface area contributed by atoms with Crippen molar-refractivity contribution < 1.29 is 14.0 Å². The van der Waals surface area contributed by atoms with Gasteiger partial charge in [0, 0.05) is 26.4 Å². The van der Waals surface area contributed by atoms with E-state index in [4.69, 9.17) is 4.42 Å². The molecule has 0 aliphatic carbocycles. The van der Waals surface area contributed by atoms with Crippen molar-refractivity contribution in [3.63, 3.8) is 0 Å². The number of carbonyl (C=O) groups is 2. The summed E-state index contributed by atoms with van der Waals surface area (Å²) < 4.78 is 5.74. The van der Waals surface area contributed by atoms with Gasteiger partial charge < -0.3 is 14.6 Å². The maximum atomic E-state index is 12.5. The lowest BCUT2D eigenvalue weighted by Crippen LogP contribution is -2.39. The lowest BCUT2D eigenvalue weighted by molar-refractivity contribution is -0.130. The molecule has 6 heteroatoms. The van der Waals surface area contributed by atoms with Crippen molar-refractivity contribution in [2.45, 2.75) is 38.6 Å². The van der Waals surface area contributed by atoms with Gasteiger partial charge in [0.25, 0.3) is 0 Å². The van der Waals surface area contributed by atoms with E-state index in [2.05, 4.69) is 16.8 Å². The Hall–Kier alpha value is -2.08. The highest BCUT2D eigenvalue weighted by Gasteiger charge is 2.38. The molecule has 1 aliphatic rings. The van der Waals surface area contributed by atoms with Crippen molar-refractivity contribution in [3.05, 3.63) is 46.0 Å². The first kappa shape index (κ1) is 16.8. The number of aryl methyl sites for hydroxylation is 2. The van der Waals surface area contributed by atoms with Gasteiger partial charge in [-0.1, -0.05) is 0 Å². The lowest BCUT2D eigenvalue weighted by Gasteiger charge is -2.17. The number of hydrogen-bond donors (Lipinski definition) is 1. The Balaban J connectivity index is 1.66. The Bertz CT molecular complexity index is 708. The molecule has 24 heavy (non-hydrogen) atoms. The standard InChI is InChI=1S/C18H22N2O3S/c1-12-3-5-17(23-12)15-9-20(10-16(15)19-13(2)21)18(22)6-4-14-7-8-24-11-14/h3,5,7-8,11,15-16H,4,6,9-10H2,1-2H3,(H,19,21). The first-order valence-electron chi connectivity index (χ1n) is 8.15. The van der Waals surface area contributed by atoms with Crippen molar-refractivity contribution in [1.82, 2.24) is 10.2 Å². The Labute approximate surface area is 145 Å². The number of nitrogens with zero attached hydrogens (tertiary/aromatic N) is 1. The number of furan rings is 1. The molecule has 0 saturated carbocycles. The van der Waals surface area contributed by atoms with Crippen molar-refractivity contribution in [3.8, 4) is 0 Å². The van der Waals surface area contributed by atoms with Gasteiger partial charge in [-0.15, -0.1) is 0 Å². The van der Waals surface area contributed by atoms with Gasteiger partial charge in [0.15, 0.2) is 0 Å². The molecule has 1 saturated heterocycles. The van der Waals surface area contributed by atoms with Crippen molar-refractivity contribution >= 4 is 23.2 Å². The van der Waals surface area contributed by atoms with Crippen LogP contribution in [0.5, 0.6) is 0 Å². The summed E-state index contributed by atoms with van der Waals surface area (Å²) in [6.07, 6.45) is 1.25. The maximum absolute atomic E-state index is 12.5. The van der Waals surface area contributed by atoms with Gasteiger partial charge in [0.1, 0.15) is 11.5 Å². The van der Waals surface area contributed by atoms with Crippen LogP contribution >= 0.6 is 11.3 Å². The second-order valence-electron chi connectivity index (χ2n) is 6.29. The van der Waals surface area contributed by atoms with Crippen LogP contribution in [0.15, 0.2) is 33.4 Å².